The minimum atomic E-state index is -4.24. The molecule has 4 rings (SSSR count). The maximum Gasteiger partial charge on any atom is 0.264 e. The van der Waals surface area contributed by atoms with Crippen molar-refractivity contribution in [2.75, 3.05) is 18.0 Å². The van der Waals surface area contributed by atoms with Gasteiger partial charge in [0.2, 0.25) is 11.8 Å². The van der Waals surface area contributed by atoms with Crippen LogP contribution in [0.25, 0.3) is 0 Å². The predicted molar refractivity (Wildman–Crippen MR) is 170 cm³/mol. The van der Waals surface area contributed by atoms with Crippen LogP contribution in [0.2, 0.25) is 15.1 Å². The van der Waals surface area contributed by atoms with Gasteiger partial charge in [-0.2, -0.15) is 0 Å². The highest BCUT2D eigenvalue weighted by atomic mass is 35.5. The Hall–Kier alpha value is -2.98. The summed E-state index contributed by atoms with van der Waals surface area (Å²) in [5, 5.41) is 4.25. The molecule has 0 bridgehead atoms. The third-order valence-electron chi connectivity index (χ3n) is 7.48. The van der Waals surface area contributed by atoms with Crippen LogP contribution in [0.15, 0.2) is 71.6 Å². The fraction of sp³-hybridized carbons (Fsp3) is 0.355. The van der Waals surface area contributed by atoms with Crippen molar-refractivity contribution < 1.29 is 22.7 Å². The van der Waals surface area contributed by atoms with E-state index in [-0.39, 0.29) is 29.1 Å². The fourth-order valence-electron chi connectivity index (χ4n) is 5.13. The lowest BCUT2D eigenvalue weighted by molar-refractivity contribution is -0.140. The van der Waals surface area contributed by atoms with Crippen LogP contribution in [0, 0.1) is 0 Å². The number of ether oxygens (including phenoxy) is 1. The zero-order valence-electron chi connectivity index (χ0n) is 23.9. The van der Waals surface area contributed by atoms with Gasteiger partial charge in [0.15, 0.2) is 0 Å². The lowest BCUT2D eigenvalue weighted by Crippen LogP contribution is -2.53. The molecule has 1 saturated carbocycles. The molecular formula is C31H34Cl3N3O5S. The van der Waals surface area contributed by atoms with Gasteiger partial charge in [0.1, 0.15) is 18.3 Å². The Morgan fingerprint density at radius 1 is 0.953 bits per heavy atom. The number of halogens is 3. The molecule has 0 saturated heterocycles. The summed E-state index contributed by atoms with van der Waals surface area (Å²) in [6.45, 7) is 1.21. The van der Waals surface area contributed by atoms with E-state index in [1.54, 1.807) is 30.3 Å². The van der Waals surface area contributed by atoms with E-state index in [2.05, 4.69) is 5.32 Å². The molecule has 0 heterocycles. The number of sulfonamides is 1. The Labute approximate surface area is 267 Å². The van der Waals surface area contributed by atoms with E-state index in [1.807, 2.05) is 6.92 Å². The molecular weight excluding hydrogens is 633 g/mol. The molecule has 0 spiro atoms. The summed E-state index contributed by atoms with van der Waals surface area (Å²) < 4.78 is 34.2. The van der Waals surface area contributed by atoms with Crippen LogP contribution >= 0.6 is 34.8 Å². The number of rotatable bonds is 12. The van der Waals surface area contributed by atoms with Gasteiger partial charge in [0.25, 0.3) is 10.0 Å². The maximum absolute atomic E-state index is 14.2. The number of methoxy groups -OCH3 is 1. The highest BCUT2D eigenvalue weighted by molar-refractivity contribution is 7.92. The minimum Gasteiger partial charge on any atom is -0.497 e. The van der Waals surface area contributed by atoms with Crippen molar-refractivity contribution in [1.82, 2.24) is 10.2 Å². The Kier molecular flexibility index (Phi) is 11.2. The Morgan fingerprint density at radius 3 is 2.16 bits per heavy atom. The first-order chi connectivity index (χ1) is 20.5. The van der Waals surface area contributed by atoms with Crippen LogP contribution in [0.5, 0.6) is 5.75 Å². The van der Waals surface area contributed by atoms with E-state index in [0.717, 1.165) is 30.0 Å². The van der Waals surface area contributed by atoms with Gasteiger partial charge in [-0.15, -0.1) is 0 Å². The van der Waals surface area contributed by atoms with E-state index in [9.17, 15) is 18.0 Å². The van der Waals surface area contributed by atoms with E-state index in [1.165, 1.54) is 48.4 Å². The van der Waals surface area contributed by atoms with Crippen molar-refractivity contribution in [3.8, 4) is 5.75 Å². The largest absolute Gasteiger partial charge is 0.497 e. The molecule has 2 amide bonds. The van der Waals surface area contributed by atoms with Crippen LogP contribution in [-0.4, -0.2) is 50.9 Å². The number of nitrogens with zero attached hydrogens (tertiary/aromatic N) is 2. The van der Waals surface area contributed by atoms with Gasteiger partial charge in [-0.1, -0.05) is 60.6 Å². The predicted octanol–water partition coefficient (Wildman–Crippen LogP) is 6.72. The number of hydrogen-bond donors (Lipinski definition) is 1. The lowest BCUT2D eigenvalue weighted by atomic mass is 10.1. The topological polar surface area (TPSA) is 96.0 Å². The van der Waals surface area contributed by atoms with E-state index in [4.69, 9.17) is 39.5 Å². The number of nitrogens with one attached hydrogen (secondary N) is 1. The van der Waals surface area contributed by atoms with Crippen molar-refractivity contribution >= 4 is 62.3 Å². The molecule has 0 aromatic heterocycles. The Morgan fingerprint density at radius 2 is 1.58 bits per heavy atom. The van der Waals surface area contributed by atoms with Crippen LogP contribution < -0.4 is 14.4 Å². The standard InChI is InChI=1S/C31H34Cl3N3O5S/c1-3-29(31(39)35-24-6-4-5-7-24)36(19-21-8-9-23(33)18-28(21)34)30(38)20-37(25-12-10-22(32)11-13-25)43(40,41)27-16-14-26(42-2)15-17-27/h8-18,24,29H,3-7,19-20H2,1-2H3,(H,35,39). The number of anilines is 1. The van der Waals surface area contributed by atoms with E-state index < -0.39 is 28.5 Å². The number of hydrogen-bond acceptors (Lipinski definition) is 5. The SMILES string of the molecule is CCC(C(=O)NC1CCCC1)N(Cc1ccc(Cl)cc1Cl)C(=O)CN(c1ccc(Cl)cc1)S(=O)(=O)c1ccc(OC)cc1. The minimum absolute atomic E-state index is 0.0253. The number of carbonyl (C=O) groups excluding carboxylic acids is 2. The third kappa shape index (κ3) is 8.15. The molecule has 1 aliphatic carbocycles. The fourth-order valence-corrected chi connectivity index (χ4v) is 7.14. The van der Waals surface area contributed by atoms with Crippen LogP contribution in [0.3, 0.4) is 0 Å². The molecule has 1 unspecified atom stereocenters. The first-order valence-electron chi connectivity index (χ1n) is 14.0. The van der Waals surface area contributed by atoms with Gasteiger partial charge in [0.05, 0.1) is 17.7 Å². The summed E-state index contributed by atoms with van der Waals surface area (Å²) in [7, 11) is -2.75. The summed E-state index contributed by atoms with van der Waals surface area (Å²) in [6, 6.07) is 16.1. The molecule has 230 valence electrons. The van der Waals surface area contributed by atoms with Crippen LogP contribution in [-0.2, 0) is 26.2 Å². The second kappa shape index (κ2) is 14.7. The molecule has 0 radical (unpaired) electrons. The first-order valence-corrected chi connectivity index (χ1v) is 16.6. The summed E-state index contributed by atoms with van der Waals surface area (Å²) in [5.41, 5.74) is 0.809. The molecule has 8 nitrogen and oxygen atoms in total. The summed E-state index contributed by atoms with van der Waals surface area (Å²) in [6.07, 6.45) is 4.13. The second-order valence-electron chi connectivity index (χ2n) is 10.3. The molecule has 3 aromatic rings. The molecule has 1 aliphatic rings. The zero-order chi connectivity index (χ0) is 31.1. The molecule has 12 heteroatoms. The molecule has 0 aliphatic heterocycles. The lowest BCUT2D eigenvalue weighted by Gasteiger charge is -2.34. The molecule has 1 atom stereocenters. The average Bonchev–Trinajstić information content (AvgIpc) is 3.50. The number of amides is 2. The van der Waals surface area contributed by atoms with Gasteiger partial charge < -0.3 is 15.0 Å². The van der Waals surface area contributed by atoms with E-state index >= 15 is 0 Å². The molecule has 43 heavy (non-hydrogen) atoms. The van der Waals surface area contributed by atoms with Crippen molar-refractivity contribution in [2.24, 2.45) is 0 Å². The summed E-state index contributed by atoms with van der Waals surface area (Å²) in [4.78, 5) is 29.1. The third-order valence-corrected chi connectivity index (χ3v) is 10.1. The summed E-state index contributed by atoms with van der Waals surface area (Å²) >= 11 is 18.7. The van der Waals surface area contributed by atoms with Gasteiger partial charge >= 0.3 is 0 Å². The van der Waals surface area contributed by atoms with Crippen molar-refractivity contribution in [1.29, 1.82) is 0 Å². The quantitative estimate of drug-likeness (QED) is 0.232. The van der Waals surface area contributed by atoms with Crippen molar-refractivity contribution in [3.05, 3.63) is 87.4 Å². The van der Waals surface area contributed by atoms with Crippen LogP contribution in [0.1, 0.15) is 44.6 Å². The highest BCUT2D eigenvalue weighted by Gasteiger charge is 2.35. The van der Waals surface area contributed by atoms with Crippen molar-refractivity contribution in [3.63, 3.8) is 0 Å². The normalized spacial score (nSPS) is 14.3. The maximum atomic E-state index is 14.2. The molecule has 1 N–H and O–H groups in total. The monoisotopic (exact) mass is 665 g/mol. The van der Waals surface area contributed by atoms with Crippen LogP contribution in [0.4, 0.5) is 5.69 Å². The van der Waals surface area contributed by atoms with Gasteiger partial charge in [-0.25, -0.2) is 8.42 Å². The highest BCUT2D eigenvalue weighted by Crippen LogP contribution is 2.29. The molecule has 3 aromatic carbocycles. The summed E-state index contributed by atoms with van der Waals surface area (Å²) in [5.74, 6) is -0.381. The van der Waals surface area contributed by atoms with E-state index in [0.29, 0.717) is 32.8 Å². The second-order valence-corrected chi connectivity index (χ2v) is 13.5. The Balaban J connectivity index is 1.73. The van der Waals surface area contributed by atoms with Gasteiger partial charge in [-0.3, -0.25) is 13.9 Å². The zero-order valence-corrected chi connectivity index (χ0v) is 27.0. The first kappa shape index (κ1) is 32.9. The molecule has 1 fully saturated rings. The average molecular weight is 667 g/mol. The Bertz CT molecular complexity index is 1530. The van der Waals surface area contributed by atoms with Crippen molar-refractivity contribution in [2.45, 2.75) is 62.6 Å². The smallest absolute Gasteiger partial charge is 0.264 e. The van der Waals surface area contributed by atoms with Gasteiger partial charge in [0, 0.05) is 27.7 Å². The van der Waals surface area contributed by atoms with Gasteiger partial charge in [-0.05, 0) is 85.5 Å². The number of carbonyl (C=O) groups is 2. The number of benzene rings is 3.